The Balaban J connectivity index is 2.31. The smallest absolute Gasteiger partial charge is 0.228 e. The van der Waals surface area contributed by atoms with Crippen molar-refractivity contribution in [3.63, 3.8) is 0 Å². The summed E-state index contributed by atoms with van der Waals surface area (Å²) in [5.74, 6) is 1.30. The number of nitrogens with zero attached hydrogens (tertiary/aromatic N) is 2. The zero-order valence-electron chi connectivity index (χ0n) is 11.0. The van der Waals surface area contributed by atoms with Crippen molar-refractivity contribution in [2.75, 3.05) is 17.0 Å². The molecule has 2 heterocycles. The van der Waals surface area contributed by atoms with Crippen LogP contribution in [0.3, 0.4) is 0 Å². The van der Waals surface area contributed by atoms with E-state index in [0.29, 0.717) is 29.9 Å². The number of alkyl halides is 1. The summed E-state index contributed by atoms with van der Waals surface area (Å²) in [6, 6.07) is 1.90. The minimum atomic E-state index is -0.947. The van der Waals surface area contributed by atoms with Crippen molar-refractivity contribution in [3.05, 3.63) is 17.8 Å². The van der Waals surface area contributed by atoms with E-state index in [0.717, 1.165) is 5.56 Å². The topological polar surface area (TPSA) is 62.7 Å². The van der Waals surface area contributed by atoms with Gasteiger partial charge in [-0.3, -0.25) is 9.69 Å². The van der Waals surface area contributed by atoms with Gasteiger partial charge in [0.2, 0.25) is 5.91 Å². The molecule has 1 aromatic heterocycles. The maximum absolute atomic E-state index is 12.0. The van der Waals surface area contributed by atoms with E-state index >= 15 is 0 Å². The van der Waals surface area contributed by atoms with Crippen molar-refractivity contribution in [3.8, 4) is 5.75 Å². The molecule has 1 N–H and O–H groups in total. The van der Waals surface area contributed by atoms with Gasteiger partial charge in [-0.05, 0) is 47.8 Å². The third-order valence-electron chi connectivity index (χ3n) is 2.85. The minimum Gasteiger partial charge on any atom is -0.481 e. The van der Waals surface area contributed by atoms with Crippen LogP contribution in [0, 0.1) is 0 Å². The third-order valence-corrected chi connectivity index (χ3v) is 3.08. The number of amides is 1. The number of pyridine rings is 1. The van der Waals surface area contributed by atoms with Gasteiger partial charge in [0, 0.05) is 6.42 Å². The van der Waals surface area contributed by atoms with Gasteiger partial charge in [0.1, 0.15) is 17.1 Å². The van der Waals surface area contributed by atoms with Gasteiger partial charge in [-0.2, -0.15) is 0 Å². The summed E-state index contributed by atoms with van der Waals surface area (Å²) in [5, 5.41) is 9.90. The summed E-state index contributed by atoms with van der Waals surface area (Å²) < 4.78 is 5.34. The van der Waals surface area contributed by atoms with Crippen LogP contribution in [0.1, 0.15) is 25.8 Å². The van der Waals surface area contributed by atoms with Gasteiger partial charge in [-0.1, -0.05) is 0 Å². The van der Waals surface area contributed by atoms with E-state index in [1.807, 2.05) is 6.07 Å². The first-order chi connectivity index (χ1) is 8.90. The number of hydrogen-bond acceptors (Lipinski definition) is 4. The highest BCUT2D eigenvalue weighted by Gasteiger charge is 2.30. The summed E-state index contributed by atoms with van der Waals surface area (Å²) in [4.78, 5) is 17.8. The fourth-order valence-electron chi connectivity index (χ4n) is 2.09. The summed E-state index contributed by atoms with van der Waals surface area (Å²) in [7, 11) is 0. The first-order valence-corrected chi connectivity index (χ1v) is 7.23. The summed E-state index contributed by atoms with van der Waals surface area (Å²) in [6.45, 7) is 3.60. The second-order valence-electron chi connectivity index (χ2n) is 5.20. The molecule has 0 aromatic carbocycles. The highest BCUT2D eigenvalue weighted by Crippen LogP contribution is 2.29. The van der Waals surface area contributed by atoms with E-state index < -0.39 is 5.60 Å². The van der Waals surface area contributed by atoms with Gasteiger partial charge in [-0.15, -0.1) is 0 Å². The molecule has 0 unspecified atom stereocenters. The van der Waals surface area contributed by atoms with Crippen molar-refractivity contribution in [2.24, 2.45) is 0 Å². The van der Waals surface area contributed by atoms with E-state index in [-0.39, 0.29) is 12.5 Å². The number of fused-ring (bicyclic) bond motifs is 1. The largest absolute Gasteiger partial charge is 0.481 e. The Hall–Kier alpha value is -1.14. The van der Waals surface area contributed by atoms with Crippen molar-refractivity contribution in [1.29, 1.82) is 0 Å². The molecular weight excluding hydrogens is 312 g/mol. The lowest BCUT2D eigenvalue weighted by Crippen LogP contribution is -2.45. The van der Waals surface area contributed by atoms with E-state index in [2.05, 4.69) is 20.9 Å². The molecule has 0 saturated heterocycles. The maximum Gasteiger partial charge on any atom is 0.228 e. The van der Waals surface area contributed by atoms with E-state index in [4.69, 9.17) is 4.74 Å². The van der Waals surface area contributed by atoms with Crippen molar-refractivity contribution in [1.82, 2.24) is 4.98 Å². The zero-order chi connectivity index (χ0) is 14.0. The third kappa shape index (κ3) is 3.45. The Labute approximate surface area is 120 Å². The predicted molar refractivity (Wildman–Crippen MR) is 75.6 cm³/mol. The van der Waals surface area contributed by atoms with Gasteiger partial charge < -0.3 is 9.84 Å². The molecule has 5 nitrogen and oxygen atoms in total. The number of aliphatic hydroxyl groups is 1. The Morgan fingerprint density at radius 1 is 1.53 bits per heavy atom. The lowest BCUT2D eigenvalue weighted by atomic mass is 10.0. The molecule has 0 atom stereocenters. The van der Waals surface area contributed by atoms with Crippen LogP contribution in [-0.2, 0) is 11.2 Å². The number of carbonyl (C=O) groups excluding carboxylic acids is 1. The molecule has 1 aromatic rings. The average molecular weight is 329 g/mol. The van der Waals surface area contributed by atoms with Gasteiger partial charge in [0.25, 0.3) is 0 Å². The Bertz CT molecular complexity index is 485. The fourth-order valence-corrected chi connectivity index (χ4v) is 2.36. The van der Waals surface area contributed by atoms with Crippen LogP contribution >= 0.6 is 15.9 Å². The van der Waals surface area contributed by atoms with Crippen molar-refractivity contribution in [2.45, 2.75) is 32.3 Å². The number of hydrogen-bond donors (Lipinski definition) is 1. The number of aromatic nitrogens is 1. The molecule has 2 rings (SSSR count). The van der Waals surface area contributed by atoms with E-state index in [9.17, 15) is 9.90 Å². The van der Waals surface area contributed by atoms with Crippen LogP contribution < -0.4 is 9.64 Å². The Morgan fingerprint density at radius 2 is 2.26 bits per heavy atom. The molecule has 19 heavy (non-hydrogen) atoms. The molecule has 104 valence electrons. The quantitative estimate of drug-likeness (QED) is 0.857. The highest BCUT2D eigenvalue weighted by atomic mass is 79.9. The monoisotopic (exact) mass is 328 g/mol. The van der Waals surface area contributed by atoms with Crippen molar-refractivity contribution < 1.29 is 14.6 Å². The first-order valence-electron chi connectivity index (χ1n) is 6.11. The number of anilines is 1. The van der Waals surface area contributed by atoms with Crippen LogP contribution in [0.2, 0.25) is 0 Å². The van der Waals surface area contributed by atoms with Crippen LogP contribution in [0.25, 0.3) is 0 Å². The van der Waals surface area contributed by atoms with Gasteiger partial charge in [0.05, 0.1) is 18.3 Å². The molecule has 0 bridgehead atoms. The number of ether oxygens (including phenoxy) is 1. The number of halogens is 1. The molecule has 0 fully saturated rings. The number of rotatable bonds is 4. The van der Waals surface area contributed by atoms with Crippen LogP contribution in [0.15, 0.2) is 12.3 Å². The Kier molecular flexibility index (Phi) is 4.10. The van der Waals surface area contributed by atoms with Gasteiger partial charge >= 0.3 is 0 Å². The summed E-state index contributed by atoms with van der Waals surface area (Å²) in [5.41, 5.74) is 0.429. The minimum absolute atomic E-state index is 0.00344. The number of carbonyl (C=O) groups is 1. The average Bonchev–Trinajstić information content (AvgIpc) is 2.32. The molecule has 0 aliphatic carbocycles. The lowest BCUT2D eigenvalue weighted by Gasteiger charge is -2.32. The molecule has 6 heteroatoms. The molecule has 1 aliphatic heterocycles. The summed E-state index contributed by atoms with van der Waals surface area (Å²) in [6.07, 6.45) is 2.68. The Morgan fingerprint density at radius 3 is 2.89 bits per heavy atom. The highest BCUT2D eigenvalue weighted by molar-refractivity contribution is 9.09. The van der Waals surface area contributed by atoms with E-state index in [1.165, 1.54) is 0 Å². The molecule has 1 aliphatic rings. The van der Waals surface area contributed by atoms with E-state index in [1.54, 1.807) is 24.9 Å². The van der Waals surface area contributed by atoms with Gasteiger partial charge in [0.15, 0.2) is 0 Å². The molecule has 0 radical (unpaired) electrons. The first kappa shape index (κ1) is 14.3. The zero-order valence-corrected chi connectivity index (χ0v) is 12.6. The van der Waals surface area contributed by atoms with Crippen LogP contribution in [0.4, 0.5) is 5.82 Å². The second kappa shape index (κ2) is 5.46. The molecular formula is C13H17BrN2O3. The second-order valence-corrected chi connectivity index (χ2v) is 5.66. The fraction of sp³-hybridized carbons (Fsp3) is 0.538. The SMILES string of the molecule is CC(C)(O)CN1C(=O)CCc2cc(OCBr)cnc21. The summed E-state index contributed by atoms with van der Waals surface area (Å²) >= 11 is 3.20. The number of aryl methyl sites for hydroxylation is 1. The lowest BCUT2D eigenvalue weighted by molar-refractivity contribution is -0.119. The predicted octanol–water partition coefficient (Wildman–Crippen LogP) is 1.86. The number of β-amino-alcohol motifs (C(OH)–C–C–N with tert-alkyl or cyclic N) is 1. The van der Waals surface area contributed by atoms with Crippen molar-refractivity contribution >= 4 is 27.7 Å². The van der Waals surface area contributed by atoms with Crippen LogP contribution in [-0.4, -0.2) is 33.7 Å². The molecule has 0 spiro atoms. The molecule has 1 amide bonds. The normalized spacial score (nSPS) is 15.4. The van der Waals surface area contributed by atoms with Crippen LogP contribution in [0.5, 0.6) is 5.75 Å². The standard InChI is InChI=1S/C13H17BrN2O3/c1-13(2,18)7-16-11(17)4-3-9-5-10(19-8-14)6-15-12(9)16/h5-6,18H,3-4,7-8H2,1-2H3. The van der Waals surface area contributed by atoms with Gasteiger partial charge in [-0.25, -0.2) is 4.98 Å². The maximum atomic E-state index is 12.0. The molecule has 0 saturated carbocycles.